The first kappa shape index (κ1) is 15.2. The second kappa shape index (κ2) is 5.83. The van der Waals surface area contributed by atoms with Gasteiger partial charge in [-0.3, -0.25) is 4.98 Å². The van der Waals surface area contributed by atoms with Gasteiger partial charge >= 0.3 is 0 Å². The Bertz CT molecular complexity index is 777. The summed E-state index contributed by atoms with van der Waals surface area (Å²) in [5, 5.41) is 0.442. The highest BCUT2D eigenvalue weighted by Crippen LogP contribution is 2.22. The molecule has 8 heteroatoms. The first-order chi connectivity index (χ1) is 10.5. The maximum atomic E-state index is 12.3. The van der Waals surface area contributed by atoms with Gasteiger partial charge in [-0.05, 0) is 24.6 Å². The summed E-state index contributed by atoms with van der Waals surface area (Å²) in [7, 11) is -3.56. The lowest BCUT2D eigenvalue weighted by atomic mass is 10.1. The number of halogens is 1. The van der Waals surface area contributed by atoms with Crippen molar-refractivity contribution in [1.82, 2.24) is 14.7 Å². The molecule has 6 nitrogen and oxygen atoms in total. The van der Waals surface area contributed by atoms with Gasteiger partial charge < -0.3 is 4.90 Å². The smallest absolute Gasteiger partial charge is 0.240 e. The fraction of sp³-hybridized carbons (Fsp3) is 0.286. The zero-order valence-corrected chi connectivity index (χ0v) is 13.5. The van der Waals surface area contributed by atoms with Crippen LogP contribution in [0.4, 0.5) is 5.82 Å². The number of nitrogens with zero attached hydrogens (tertiary/aromatic N) is 3. The number of benzene rings is 1. The van der Waals surface area contributed by atoms with E-state index in [9.17, 15) is 8.42 Å². The zero-order chi connectivity index (χ0) is 15.7. The molecule has 0 radical (unpaired) electrons. The molecule has 2 heterocycles. The highest BCUT2D eigenvalue weighted by molar-refractivity contribution is 7.89. The molecular weight excluding hydrogens is 324 g/mol. The molecule has 2 aromatic rings. The number of anilines is 1. The summed E-state index contributed by atoms with van der Waals surface area (Å²) >= 11 is 5.99. The Morgan fingerprint density at radius 1 is 1.32 bits per heavy atom. The van der Waals surface area contributed by atoms with Gasteiger partial charge in [-0.1, -0.05) is 17.7 Å². The molecule has 1 N–H and O–H groups in total. The van der Waals surface area contributed by atoms with Gasteiger partial charge in [0.25, 0.3) is 0 Å². The topological polar surface area (TPSA) is 75.2 Å². The van der Waals surface area contributed by atoms with Crippen LogP contribution in [0.5, 0.6) is 0 Å². The number of nitrogens with one attached hydrogen (secondary N) is 1. The Kier molecular flexibility index (Phi) is 4.03. The monoisotopic (exact) mass is 338 g/mol. The van der Waals surface area contributed by atoms with Gasteiger partial charge in [0.05, 0.1) is 17.1 Å². The Morgan fingerprint density at radius 3 is 2.73 bits per heavy atom. The van der Waals surface area contributed by atoms with Gasteiger partial charge in [-0.25, -0.2) is 18.1 Å². The van der Waals surface area contributed by atoms with Crippen LogP contribution in [0.25, 0.3) is 0 Å². The van der Waals surface area contributed by atoms with E-state index in [0.29, 0.717) is 18.1 Å². The molecule has 0 unspecified atom stereocenters. The van der Waals surface area contributed by atoms with Crippen molar-refractivity contribution in [3.8, 4) is 0 Å². The molecule has 0 amide bonds. The quantitative estimate of drug-likeness (QED) is 0.916. The molecule has 0 atom stereocenters. The normalized spacial score (nSPS) is 15.6. The van der Waals surface area contributed by atoms with Gasteiger partial charge in [0.2, 0.25) is 10.0 Å². The molecule has 1 aliphatic heterocycles. The van der Waals surface area contributed by atoms with Gasteiger partial charge in [0, 0.05) is 30.5 Å². The van der Waals surface area contributed by atoms with E-state index in [0.717, 1.165) is 11.4 Å². The molecule has 0 saturated carbocycles. The lowest BCUT2D eigenvalue weighted by Gasteiger charge is -2.39. The second-order valence-electron chi connectivity index (χ2n) is 5.20. The van der Waals surface area contributed by atoms with E-state index in [-0.39, 0.29) is 10.9 Å². The third-order valence-electron chi connectivity index (χ3n) is 3.53. The van der Waals surface area contributed by atoms with Crippen LogP contribution in [0.15, 0.2) is 41.7 Å². The number of hydrogen-bond donors (Lipinski definition) is 1. The van der Waals surface area contributed by atoms with Crippen LogP contribution in [0.3, 0.4) is 0 Å². The van der Waals surface area contributed by atoms with Gasteiger partial charge in [0.1, 0.15) is 5.82 Å². The summed E-state index contributed by atoms with van der Waals surface area (Å²) in [6.45, 7) is 2.96. The molecule has 1 aromatic carbocycles. The Labute approximate surface area is 134 Å². The lowest BCUT2D eigenvalue weighted by Crippen LogP contribution is -2.59. The van der Waals surface area contributed by atoms with Crippen molar-refractivity contribution in [3.63, 3.8) is 0 Å². The van der Waals surface area contributed by atoms with Crippen LogP contribution in [0, 0.1) is 6.92 Å². The summed E-state index contributed by atoms with van der Waals surface area (Å²) in [6, 6.07) is 4.58. The molecule has 0 spiro atoms. The molecule has 1 aromatic heterocycles. The van der Waals surface area contributed by atoms with Crippen molar-refractivity contribution < 1.29 is 8.42 Å². The largest absolute Gasteiger partial charge is 0.352 e. The molecule has 0 aliphatic carbocycles. The van der Waals surface area contributed by atoms with E-state index in [4.69, 9.17) is 11.6 Å². The fourth-order valence-corrected chi connectivity index (χ4v) is 3.71. The Hall–Kier alpha value is -1.70. The van der Waals surface area contributed by atoms with E-state index in [2.05, 4.69) is 14.7 Å². The van der Waals surface area contributed by atoms with Crippen molar-refractivity contribution >= 4 is 27.4 Å². The highest BCUT2D eigenvalue weighted by Gasteiger charge is 2.31. The maximum Gasteiger partial charge on any atom is 0.240 e. The molecule has 1 aliphatic rings. The average Bonchev–Trinajstić information content (AvgIpc) is 2.46. The highest BCUT2D eigenvalue weighted by atomic mass is 35.5. The second-order valence-corrected chi connectivity index (χ2v) is 7.32. The van der Waals surface area contributed by atoms with E-state index in [1.807, 2.05) is 11.8 Å². The molecule has 3 rings (SSSR count). The molecule has 0 bridgehead atoms. The number of aromatic nitrogens is 2. The molecular formula is C14H15ClN4O2S. The summed E-state index contributed by atoms with van der Waals surface area (Å²) in [5.41, 5.74) is 0.845. The minimum absolute atomic E-state index is 0.146. The van der Waals surface area contributed by atoms with Crippen molar-refractivity contribution in [2.24, 2.45) is 0 Å². The third-order valence-corrected chi connectivity index (χ3v) is 5.46. The first-order valence-corrected chi connectivity index (χ1v) is 8.61. The van der Waals surface area contributed by atoms with Crippen LogP contribution in [-0.4, -0.2) is 37.5 Å². The lowest BCUT2D eigenvalue weighted by molar-refractivity contribution is 0.465. The van der Waals surface area contributed by atoms with Crippen LogP contribution in [0.1, 0.15) is 5.56 Å². The predicted molar refractivity (Wildman–Crippen MR) is 84.5 cm³/mol. The van der Waals surface area contributed by atoms with Gasteiger partial charge in [0.15, 0.2) is 0 Å². The molecule has 22 heavy (non-hydrogen) atoms. The van der Waals surface area contributed by atoms with Crippen LogP contribution >= 0.6 is 11.6 Å². The van der Waals surface area contributed by atoms with Crippen molar-refractivity contribution in [2.45, 2.75) is 17.9 Å². The zero-order valence-electron chi connectivity index (χ0n) is 11.9. The van der Waals surface area contributed by atoms with E-state index in [1.165, 1.54) is 6.07 Å². The van der Waals surface area contributed by atoms with Crippen molar-refractivity contribution in [1.29, 1.82) is 0 Å². The number of sulfonamides is 1. The summed E-state index contributed by atoms with van der Waals surface area (Å²) in [4.78, 5) is 10.3. The predicted octanol–water partition coefficient (Wildman–Crippen LogP) is 1.61. The standard InChI is InChI=1S/C14H15ClN4O2S/c1-10-2-3-12(6-13(10)15)22(20,21)18-11-8-19(9-11)14-7-16-4-5-17-14/h2-7,11,18H,8-9H2,1H3. The van der Waals surface area contributed by atoms with Gasteiger partial charge in [-0.2, -0.15) is 0 Å². The molecule has 116 valence electrons. The van der Waals surface area contributed by atoms with E-state index < -0.39 is 10.0 Å². The van der Waals surface area contributed by atoms with Crippen LogP contribution < -0.4 is 9.62 Å². The van der Waals surface area contributed by atoms with Crippen molar-refractivity contribution in [2.75, 3.05) is 18.0 Å². The number of rotatable bonds is 4. The molecule has 1 saturated heterocycles. The Balaban J connectivity index is 1.65. The van der Waals surface area contributed by atoms with Crippen molar-refractivity contribution in [3.05, 3.63) is 47.4 Å². The summed E-state index contributed by atoms with van der Waals surface area (Å²) in [6.07, 6.45) is 4.87. The fourth-order valence-electron chi connectivity index (χ4n) is 2.22. The third kappa shape index (κ3) is 3.06. The Morgan fingerprint density at radius 2 is 2.09 bits per heavy atom. The summed E-state index contributed by atoms with van der Waals surface area (Å²) < 4.78 is 27.3. The number of aryl methyl sites for hydroxylation is 1. The van der Waals surface area contributed by atoms with E-state index >= 15 is 0 Å². The van der Waals surface area contributed by atoms with Crippen LogP contribution in [0.2, 0.25) is 5.02 Å². The van der Waals surface area contributed by atoms with Gasteiger partial charge in [-0.15, -0.1) is 0 Å². The maximum absolute atomic E-state index is 12.3. The van der Waals surface area contributed by atoms with Crippen LogP contribution in [-0.2, 0) is 10.0 Å². The summed E-state index contributed by atoms with van der Waals surface area (Å²) in [5.74, 6) is 0.747. The molecule has 1 fully saturated rings. The minimum atomic E-state index is -3.56. The van der Waals surface area contributed by atoms with E-state index in [1.54, 1.807) is 30.7 Å². The minimum Gasteiger partial charge on any atom is -0.352 e. The first-order valence-electron chi connectivity index (χ1n) is 6.75. The number of hydrogen-bond acceptors (Lipinski definition) is 5. The SMILES string of the molecule is Cc1ccc(S(=O)(=O)NC2CN(c3cnccn3)C2)cc1Cl. The average molecular weight is 339 g/mol.